The third-order valence-corrected chi connectivity index (χ3v) is 2.25. The lowest BCUT2D eigenvalue weighted by molar-refractivity contribution is -0.148. The summed E-state index contributed by atoms with van der Waals surface area (Å²) in [7, 11) is 3.43. The normalized spacial score (nSPS) is 21.6. The van der Waals surface area contributed by atoms with E-state index < -0.39 is 0 Å². The average molecular weight is 207 g/mol. The zero-order valence-corrected chi connectivity index (χ0v) is 9.00. The van der Waals surface area contributed by atoms with E-state index in [0.717, 1.165) is 19.3 Å². The molecule has 0 amide bonds. The molecule has 0 spiro atoms. The first kappa shape index (κ1) is 12.2. The fourth-order valence-corrected chi connectivity index (χ4v) is 1.44. The third-order valence-electron chi connectivity index (χ3n) is 2.25. The molecule has 1 radical (unpaired) electrons. The maximum atomic E-state index is 10.3. The highest BCUT2D eigenvalue weighted by Crippen LogP contribution is 2.07. The van der Waals surface area contributed by atoms with Gasteiger partial charge in [0.05, 0.1) is 18.8 Å². The summed E-state index contributed by atoms with van der Waals surface area (Å²) in [6.07, 6.45) is 6.62. The maximum Gasteiger partial charge on any atom is 0.293 e. The number of hydrogen-bond donors (Lipinski definition) is 0. The van der Waals surface area contributed by atoms with E-state index in [1.807, 2.05) is 17.9 Å². The molecular weight excluding hydrogens is 191 g/mol. The van der Waals surface area contributed by atoms with E-state index >= 15 is 0 Å². The topological polar surface area (TPSA) is 32.8 Å². The molecule has 5 heteroatoms. The summed E-state index contributed by atoms with van der Waals surface area (Å²) in [5, 5.41) is 1.78. The molecule has 0 N–H and O–H groups in total. The minimum absolute atomic E-state index is 0.176. The van der Waals surface area contributed by atoms with Crippen molar-refractivity contribution in [3.8, 4) is 0 Å². The van der Waals surface area contributed by atoms with Gasteiger partial charge in [0.2, 0.25) is 0 Å². The number of nitrogens with zero attached hydrogens (tertiary/aromatic N) is 2. The van der Waals surface area contributed by atoms with Gasteiger partial charge in [-0.15, -0.1) is 6.58 Å². The van der Waals surface area contributed by atoms with E-state index in [-0.39, 0.29) is 6.04 Å². The molecule has 1 aliphatic heterocycles. The Balaban J connectivity index is 2.40. The molecule has 1 unspecified atom stereocenters. The summed E-state index contributed by atoms with van der Waals surface area (Å²) in [4.78, 5) is 17.7. The molecule has 0 saturated heterocycles. The quantitative estimate of drug-likeness (QED) is 0.267. The van der Waals surface area contributed by atoms with Gasteiger partial charge >= 0.3 is 0 Å². The second kappa shape index (κ2) is 6.56. The fraction of sp³-hybridized carbons (Fsp3) is 0.500. The monoisotopic (exact) mass is 207 g/mol. The highest BCUT2D eigenvalue weighted by atomic mass is 16.7. The van der Waals surface area contributed by atoms with Crippen molar-refractivity contribution in [1.82, 2.24) is 9.87 Å². The second-order valence-corrected chi connectivity index (χ2v) is 3.37. The van der Waals surface area contributed by atoms with Gasteiger partial charge in [0.25, 0.3) is 7.41 Å². The summed E-state index contributed by atoms with van der Waals surface area (Å²) < 4.78 is 0. The molecule has 0 aromatic rings. The first-order valence-electron chi connectivity index (χ1n) is 4.94. The molecule has 1 rings (SSSR count). The van der Waals surface area contributed by atoms with Crippen molar-refractivity contribution in [2.75, 3.05) is 26.7 Å². The van der Waals surface area contributed by atoms with Gasteiger partial charge in [-0.3, -0.25) is 4.84 Å². The van der Waals surface area contributed by atoms with Gasteiger partial charge in [-0.25, -0.2) is 0 Å². The number of carbonyl (C=O) groups excluding carboxylic acids is 1. The summed E-state index contributed by atoms with van der Waals surface area (Å²) in [5.74, 6) is 0. The van der Waals surface area contributed by atoms with Crippen molar-refractivity contribution in [3.63, 3.8) is 0 Å². The van der Waals surface area contributed by atoms with Gasteiger partial charge in [-0.05, 0) is 0 Å². The molecule has 4 nitrogen and oxygen atoms in total. The van der Waals surface area contributed by atoms with Crippen LogP contribution in [0.5, 0.6) is 0 Å². The van der Waals surface area contributed by atoms with Crippen LogP contribution < -0.4 is 0 Å². The predicted molar refractivity (Wildman–Crippen MR) is 60.9 cm³/mol. The average Bonchev–Trinajstić information content (AvgIpc) is 2.27. The van der Waals surface area contributed by atoms with Crippen LogP contribution in [0.25, 0.3) is 0 Å². The van der Waals surface area contributed by atoms with E-state index in [1.54, 1.807) is 18.6 Å². The highest BCUT2D eigenvalue weighted by Gasteiger charge is 2.19. The fourth-order valence-electron chi connectivity index (χ4n) is 1.44. The number of likely N-dealkylation sites (N-methyl/N-ethyl adjacent to an activating group) is 1. The molecule has 0 aromatic heterocycles. The van der Waals surface area contributed by atoms with Crippen molar-refractivity contribution in [2.45, 2.75) is 6.04 Å². The minimum Gasteiger partial charge on any atom is -0.335 e. The summed E-state index contributed by atoms with van der Waals surface area (Å²) in [6.45, 7) is 5.64. The van der Waals surface area contributed by atoms with E-state index in [2.05, 4.69) is 12.7 Å². The number of hydrogen-bond acceptors (Lipinski definition) is 4. The Labute approximate surface area is 91.4 Å². The maximum absolute atomic E-state index is 10.3. The van der Waals surface area contributed by atoms with Crippen LogP contribution in [-0.4, -0.2) is 56.3 Å². The van der Waals surface area contributed by atoms with Gasteiger partial charge in [-0.2, -0.15) is 5.06 Å². The Morgan fingerprint density at radius 2 is 2.60 bits per heavy atom. The van der Waals surface area contributed by atoms with E-state index in [9.17, 15) is 4.79 Å². The molecule has 1 atom stereocenters. The van der Waals surface area contributed by atoms with Crippen molar-refractivity contribution in [2.24, 2.45) is 0 Å². The first-order valence-corrected chi connectivity index (χ1v) is 4.94. The van der Waals surface area contributed by atoms with Crippen LogP contribution in [0.3, 0.4) is 0 Å². The standard InChI is InChI=1S/C10H16BN2O2/c1-3-7-15-12(2)10-5-4-6-13(8-10)11-9-14/h3-5,9-10H,1,6-8H2,2H3. The molecule has 0 saturated carbocycles. The minimum atomic E-state index is 0.176. The van der Waals surface area contributed by atoms with Gasteiger partial charge in [0.15, 0.2) is 0 Å². The van der Waals surface area contributed by atoms with E-state index in [0.29, 0.717) is 6.61 Å². The van der Waals surface area contributed by atoms with Crippen LogP contribution in [0.4, 0.5) is 0 Å². The van der Waals surface area contributed by atoms with Crippen molar-refractivity contribution >= 4 is 13.6 Å². The van der Waals surface area contributed by atoms with Crippen molar-refractivity contribution in [1.29, 1.82) is 0 Å². The lowest BCUT2D eigenvalue weighted by Gasteiger charge is -2.32. The van der Waals surface area contributed by atoms with E-state index in [4.69, 9.17) is 4.84 Å². The number of carbonyl (C=O) groups is 1. The smallest absolute Gasteiger partial charge is 0.293 e. The Kier molecular flexibility index (Phi) is 5.32. The zero-order chi connectivity index (χ0) is 11.1. The highest BCUT2D eigenvalue weighted by molar-refractivity contribution is 6.64. The van der Waals surface area contributed by atoms with Crippen LogP contribution >= 0.6 is 0 Å². The van der Waals surface area contributed by atoms with Gasteiger partial charge in [-0.1, -0.05) is 18.2 Å². The predicted octanol–water partition coefficient (Wildman–Crippen LogP) is 0.0856. The van der Waals surface area contributed by atoms with Gasteiger partial charge in [0, 0.05) is 20.1 Å². The van der Waals surface area contributed by atoms with E-state index in [1.165, 1.54) is 0 Å². The second-order valence-electron chi connectivity index (χ2n) is 3.37. The first-order chi connectivity index (χ1) is 7.27. The van der Waals surface area contributed by atoms with Crippen LogP contribution in [0.15, 0.2) is 24.8 Å². The lowest BCUT2D eigenvalue weighted by Crippen LogP contribution is -2.45. The third kappa shape index (κ3) is 3.99. The van der Waals surface area contributed by atoms with Gasteiger partial charge < -0.3 is 9.61 Å². The molecule has 0 fully saturated rings. The molecule has 15 heavy (non-hydrogen) atoms. The zero-order valence-electron chi connectivity index (χ0n) is 9.00. The SMILES string of the molecule is C=CCON(C)C1C=CCN([B]C=O)C1. The van der Waals surface area contributed by atoms with Crippen LogP contribution in [0.1, 0.15) is 0 Å². The molecule has 1 aliphatic rings. The summed E-state index contributed by atoms with van der Waals surface area (Å²) >= 11 is 0. The molecule has 0 aliphatic carbocycles. The number of rotatable bonds is 6. The summed E-state index contributed by atoms with van der Waals surface area (Å²) in [5.41, 5.74) is 0. The largest absolute Gasteiger partial charge is 0.335 e. The molecule has 0 aromatic carbocycles. The van der Waals surface area contributed by atoms with Crippen LogP contribution in [0.2, 0.25) is 0 Å². The Hall–Kier alpha value is -0.905. The van der Waals surface area contributed by atoms with Crippen molar-refractivity contribution in [3.05, 3.63) is 24.8 Å². The Morgan fingerprint density at radius 3 is 3.27 bits per heavy atom. The van der Waals surface area contributed by atoms with Crippen LogP contribution in [0, 0.1) is 0 Å². The Bertz CT molecular complexity index is 246. The molecule has 81 valence electrons. The molecule has 0 bridgehead atoms. The lowest BCUT2D eigenvalue weighted by atomic mass is 9.92. The summed E-state index contributed by atoms with van der Waals surface area (Å²) in [6, 6.07) is 0.176. The Morgan fingerprint density at radius 1 is 1.80 bits per heavy atom. The van der Waals surface area contributed by atoms with Crippen molar-refractivity contribution < 1.29 is 9.63 Å². The van der Waals surface area contributed by atoms with Gasteiger partial charge in [0.1, 0.15) is 0 Å². The van der Waals surface area contributed by atoms with Crippen LogP contribution in [-0.2, 0) is 9.63 Å². The molecular formula is C10H16BN2O2. The number of hydroxylamine groups is 2. The molecule has 1 heterocycles.